The van der Waals surface area contributed by atoms with Gasteiger partial charge in [-0.05, 0) is 25.8 Å². The zero-order valence-electron chi connectivity index (χ0n) is 17.8. The Balaban J connectivity index is 2.79. The minimum Gasteiger partial charge on any atom is -0.480 e. The van der Waals surface area contributed by atoms with Crippen LogP contribution in [-0.2, 0) is 25.6 Å². The maximum absolute atomic E-state index is 12.5. The van der Waals surface area contributed by atoms with E-state index >= 15 is 0 Å². The largest absolute Gasteiger partial charge is 0.480 e. The maximum Gasteiger partial charge on any atom is 0.328 e. The Bertz CT molecular complexity index is 787. The number of benzene rings is 1. The summed E-state index contributed by atoms with van der Waals surface area (Å²) >= 11 is 0. The van der Waals surface area contributed by atoms with E-state index in [9.17, 15) is 34.5 Å². The van der Waals surface area contributed by atoms with Crippen molar-refractivity contribution in [2.75, 3.05) is 6.61 Å². The minimum absolute atomic E-state index is 0.182. The molecule has 0 aliphatic rings. The molecule has 3 amide bonds. The lowest BCUT2D eigenvalue weighted by Gasteiger charge is -2.26. The molecule has 0 radical (unpaired) electrons. The first kappa shape index (κ1) is 27.0. The molecule has 0 spiro atoms. The molecule has 0 aliphatic carbocycles. The molecule has 9 N–H and O–H groups in total. The van der Waals surface area contributed by atoms with Crippen LogP contribution in [0.4, 0.5) is 0 Å². The number of aliphatic carboxylic acids is 1. The Hall–Kier alpha value is -3.06. The summed E-state index contributed by atoms with van der Waals surface area (Å²) in [5, 5.41) is 44.3. The number of hydrogen-bond donors (Lipinski definition) is 8. The molecular formula is C20H30N4O8. The summed E-state index contributed by atoms with van der Waals surface area (Å²) in [5.41, 5.74) is 6.64. The third-order valence-corrected chi connectivity index (χ3v) is 4.56. The van der Waals surface area contributed by atoms with Gasteiger partial charge in [-0.2, -0.15) is 0 Å². The van der Waals surface area contributed by atoms with Gasteiger partial charge in [0.1, 0.15) is 12.1 Å². The zero-order valence-corrected chi connectivity index (χ0v) is 17.8. The molecule has 32 heavy (non-hydrogen) atoms. The number of amides is 3. The Morgan fingerprint density at radius 3 is 1.88 bits per heavy atom. The zero-order chi connectivity index (χ0) is 24.4. The van der Waals surface area contributed by atoms with Crippen LogP contribution in [0.5, 0.6) is 0 Å². The molecule has 6 unspecified atom stereocenters. The fraction of sp³-hybridized carbons (Fsp3) is 0.500. The lowest BCUT2D eigenvalue weighted by atomic mass is 10.1. The molecule has 1 aromatic carbocycles. The van der Waals surface area contributed by atoms with Crippen molar-refractivity contribution in [3.8, 4) is 0 Å². The molecule has 0 saturated heterocycles. The van der Waals surface area contributed by atoms with Crippen LogP contribution < -0.4 is 21.7 Å². The van der Waals surface area contributed by atoms with E-state index in [1.165, 1.54) is 6.92 Å². The summed E-state index contributed by atoms with van der Waals surface area (Å²) in [6.07, 6.45) is -2.73. The number of carboxylic acids is 1. The van der Waals surface area contributed by atoms with Crippen LogP contribution in [0.1, 0.15) is 19.4 Å². The number of carboxylic acid groups (broad SMARTS) is 1. The highest BCUT2D eigenvalue weighted by atomic mass is 16.4. The second kappa shape index (κ2) is 12.7. The van der Waals surface area contributed by atoms with Gasteiger partial charge in [-0.15, -0.1) is 0 Å². The third-order valence-electron chi connectivity index (χ3n) is 4.56. The molecule has 6 atom stereocenters. The Morgan fingerprint density at radius 1 is 0.875 bits per heavy atom. The summed E-state index contributed by atoms with van der Waals surface area (Å²) in [6.45, 7) is 1.49. The van der Waals surface area contributed by atoms with E-state index in [0.717, 1.165) is 12.5 Å². The second-order valence-electron chi connectivity index (χ2n) is 7.33. The van der Waals surface area contributed by atoms with E-state index in [1.807, 2.05) is 5.32 Å². The van der Waals surface area contributed by atoms with Crippen molar-refractivity contribution in [2.24, 2.45) is 5.73 Å². The number of carbonyl (C=O) groups is 4. The molecule has 0 aliphatic heterocycles. The predicted molar refractivity (Wildman–Crippen MR) is 112 cm³/mol. The van der Waals surface area contributed by atoms with Gasteiger partial charge in [0.25, 0.3) is 0 Å². The van der Waals surface area contributed by atoms with Crippen molar-refractivity contribution in [1.82, 2.24) is 16.0 Å². The normalized spacial score (nSPS) is 16.6. The lowest BCUT2D eigenvalue weighted by molar-refractivity contribution is -0.146. The van der Waals surface area contributed by atoms with Crippen molar-refractivity contribution >= 4 is 23.7 Å². The summed E-state index contributed by atoms with van der Waals surface area (Å²) in [7, 11) is 0. The smallest absolute Gasteiger partial charge is 0.328 e. The summed E-state index contributed by atoms with van der Waals surface area (Å²) in [4.78, 5) is 48.3. The third kappa shape index (κ3) is 8.23. The van der Waals surface area contributed by atoms with E-state index in [0.29, 0.717) is 0 Å². The quantitative estimate of drug-likeness (QED) is 0.160. The molecule has 1 aromatic rings. The first-order chi connectivity index (χ1) is 15.0. The Kier molecular flexibility index (Phi) is 10.7. The van der Waals surface area contributed by atoms with Crippen molar-refractivity contribution in [1.29, 1.82) is 0 Å². The van der Waals surface area contributed by atoms with E-state index < -0.39 is 66.7 Å². The molecule has 12 heteroatoms. The highest BCUT2D eigenvalue weighted by Crippen LogP contribution is 2.03. The standard InChI is InChI=1S/C20H30N4O8/c1-10(26)15(19(30)24-16(11(2)27)20(31)32)23-18(29)14(9-25)22-17(28)13(21)8-12-6-4-3-5-7-12/h3-7,10-11,13-16,25-27H,8-9,21H2,1-2H3,(H,22,28)(H,23,29)(H,24,30)(H,31,32). The first-order valence-corrected chi connectivity index (χ1v) is 9.88. The van der Waals surface area contributed by atoms with E-state index in [2.05, 4.69) is 10.6 Å². The van der Waals surface area contributed by atoms with E-state index in [4.69, 9.17) is 10.8 Å². The van der Waals surface area contributed by atoms with Gasteiger partial charge in [0.05, 0.1) is 24.9 Å². The predicted octanol–water partition coefficient (Wildman–Crippen LogP) is -3.15. The number of aliphatic hydroxyl groups is 3. The van der Waals surface area contributed by atoms with Crippen LogP contribution >= 0.6 is 0 Å². The fourth-order valence-electron chi connectivity index (χ4n) is 2.72. The molecule has 0 bridgehead atoms. The molecule has 0 fully saturated rings. The average molecular weight is 454 g/mol. The van der Waals surface area contributed by atoms with Crippen molar-refractivity contribution < 1.29 is 39.6 Å². The molecule has 0 saturated carbocycles. The van der Waals surface area contributed by atoms with E-state index in [1.54, 1.807) is 30.3 Å². The molecule has 12 nitrogen and oxygen atoms in total. The summed E-state index contributed by atoms with van der Waals surface area (Å²) in [5.74, 6) is -4.32. The summed E-state index contributed by atoms with van der Waals surface area (Å²) in [6, 6.07) is 3.10. The number of rotatable bonds is 12. The van der Waals surface area contributed by atoms with Gasteiger partial charge >= 0.3 is 5.97 Å². The van der Waals surface area contributed by atoms with Gasteiger partial charge in [0, 0.05) is 0 Å². The van der Waals surface area contributed by atoms with Crippen molar-refractivity contribution in [3.05, 3.63) is 35.9 Å². The van der Waals surface area contributed by atoms with Gasteiger partial charge in [0.15, 0.2) is 6.04 Å². The minimum atomic E-state index is -1.68. The topological polar surface area (TPSA) is 211 Å². The van der Waals surface area contributed by atoms with E-state index in [-0.39, 0.29) is 6.42 Å². The van der Waals surface area contributed by atoms with Crippen LogP contribution in [0.2, 0.25) is 0 Å². The Labute approximate surface area is 184 Å². The first-order valence-electron chi connectivity index (χ1n) is 9.88. The van der Waals surface area contributed by atoms with Crippen molar-refractivity contribution in [3.63, 3.8) is 0 Å². The monoisotopic (exact) mass is 454 g/mol. The molecular weight excluding hydrogens is 424 g/mol. The van der Waals surface area contributed by atoms with Crippen LogP contribution in [0.15, 0.2) is 30.3 Å². The SMILES string of the molecule is CC(O)C(NC(=O)C(NC(=O)C(CO)NC(=O)C(N)Cc1ccccc1)C(C)O)C(=O)O. The van der Waals surface area contributed by atoms with Crippen LogP contribution in [-0.4, -0.2) is 87.1 Å². The average Bonchev–Trinajstić information content (AvgIpc) is 2.73. The number of carbonyl (C=O) groups excluding carboxylic acids is 3. The van der Waals surface area contributed by atoms with Crippen molar-refractivity contribution in [2.45, 2.75) is 56.6 Å². The fourth-order valence-corrected chi connectivity index (χ4v) is 2.72. The molecule has 1 rings (SSSR count). The van der Waals surface area contributed by atoms with Gasteiger partial charge in [-0.3, -0.25) is 14.4 Å². The second-order valence-corrected chi connectivity index (χ2v) is 7.33. The molecule has 0 heterocycles. The highest BCUT2D eigenvalue weighted by Gasteiger charge is 2.33. The number of aliphatic hydroxyl groups excluding tert-OH is 3. The molecule has 178 valence electrons. The highest BCUT2D eigenvalue weighted by molar-refractivity contribution is 5.94. The van der Waals surface area contributed by atoms with Crippen LogP contribution in [0, 0.1) is 0 Å². The van der Waals surface area contributed by atoms with Crippen LogP contribution in [0.3, 0.4) is 0 Å². The number of nitrogens with one attached hydrogen (secondary N) is 3. The van der Waals surface area contributed by atoms with Gasteiger partial charge < -0.3 is 42.1 Å². The number of hydrogen-bond acceptors (Lipinski definition) is 8. The number of nitrogens with two attached hydrogens (primary N) is 1. The van der Waals surface area contributed by atoms with Gasteiger partial charge in [-0.1, -0.05) is 30.3 Å². The lowest BCUT2D eigenvalue weighted by Crippen LogP contribution is -2.61. The summed E-state index contributed by atoms with van der Waals surface area (Å²) < 4.78 is 0. The van der Waals surface area contributed by atoms with Crippen LogP contribution in [0.25, 0.3) is 0 Å². The van der Waals surface area contributed by atoms with Gasteiger partial charge in [-0.25, -0.2) is 4.79 Å². The van der Waals surface area contributed by atoms with Gasteiger partial charge in [0.2, 0.25) is 17.7 Å². The molecule has 0 aromatic heterocycles. The maximum atomic E-state index is 12.5. The Morgan fingerprint density at radius 2 is 1.41 bits per heavy atom.